The first-order valence-corrected chi connectivity index (χ1v) is 18.6. The molecule has 0 aliphatic carbocycles. The summed E-state index contributed by atoms with van der Waals surface area (Å²) in [6.07, 6.45) is 0. The molecule has 0 bridgehead atoms. The molecule has 2 nitrogen and oxygen atoms in total. The normalized spacial score (nSPS) is 11.6. The summed E-state index contributed by atoms with van der Waals surface area (Å²) < 4.78 is 5.03. The van der Waals surface area contributed by atoms with Crippen molar-refractivity contribution in [2.75, 3.05) is 4.90 Å². The predicted octanol–water partition coefficient (Wildman–Crippen LogP) is 14.3. The number of thiophene rings is 1. The summed E-state index contributed by atoms with van der Waals surface area (Å²) in [4.78, 5) is 2.35. The molecule has 0 unspecified atom stereocenters. The van der Waals surface area contributed by atoms with E-state index in [2.05, 4.69) is 204 Å². The van der Waals surface area contributed by atoms with E-state index in [9.17, 15) is 0 Å². The van der Waals surface area contributed by atoms with Gasteiger partial charge in [0.15, 0.2) is 0 Å². The van der Waals surface area contributed by atoms with Crippen molar-refractivity contribution < 1.29 is 0 Å². The number of para-hydroxylation sites is 2. The third-order valence-electron chi connectivity index (χ3n) is 10.3. The van der Waals surface area contributed by atoms with Crippen molar-refractivity contribution in [1.82, 2.24) is 4.57 Å². The number of benzene rings is 8. The monoisotopic (exact) mass is 682 g/mol. The average Bonchev–Trinajstić information content (AvgIpc) is 3.76. The maximum absolute atomic E-state index is 2.37. The Morgan fingerprint density at radius 3 is 1.50 bits per heavy atom. The zero-order valence-corrected chi connectivity index (χ0v) is 29.5. The fourth-order valence-electron chi connectivity index (χ4n) is 7.71. The van der Waals surface area contributed by atoms with E-state index in [-0.39, 0.29) is 0 Å². The van der Waals surface area contributed by atoms with Crippen molar-refractivity contribution in [3.8, 4) is 27.9 Å². The molecule has 0 fully saturated rings. The lowest BCUT2D eigenvalue weighted by atomic mass is 10.0. The molecule has 0 amide bonds. The van der Waals surface area contributed by atoms with Crippen LogP contribution in [0.2, 0.25) is 0 Å². The zero-order valence-electron chi connectivity index (χ0n) is 28.7. The number of aryl methyl sites for hydroxylation is 1. The van der Waals surface area contributed by atoms with Crippen LogP contribution >= 0.6 is 11.3 Å². The molecule has 52 heavy (non-hydrogen) atoms. The molecule has 0 aliphatic rings. The van der Waals surface area contributed by atoms with Crippen molar-refractivity contribution in [2.24, 2.45) is 0 Å². The minimum absolute atomic E-state index is 1.12. The first-order valence-electron chi connectivity index (χ1n) is 17.8. The molecule has 10 aromatic rings. The number of nitrogens with zero attached hydrogens (tertiary/aromatic N) is 2. The molecule has 2 aromatic heterocycles. The largest absolute Gasteiger partial charge is 0.311 e. The number of anilines is 3. The van der Waals surface area contributed by atoms with Crippen LogP contribution in [0.1, 0.15) is 5.56 Å². The van der Waals surface area contributed by atoms with Crippen LogP contribution in [0.3, 0.4) is 0 Å². The molecule has 0 saturated heterocycles. The van der Waals surface area contributed by atoms with Crippen LogP contribution in [-0.2, 0) is 0 Å². The quantitative estimate of drug-likeness (QED) is 0.169. The van der Waals surface area contributed by atoms with Gasteiger partial charge in [-0.25, -0.2) is 0 Å². The van der Waals surface area contributed by atoms with E-state index in [0.717, 1.165) is 22.7 Å². The van der Waals surface area contributed by atoms with E-state index in [1.54, 1.807) is 0 Å². The van der Waals surface area contributed by atoms with Crippen LogP contribution in [0.4, 0.5) is 17.1 Å². The van der Waals surface area contributed by atoms with E-state index < -0.39 is 0 Å². The minimum Gasteiger partial charge on any atom is -0.311 e. The minimum atomic E-state index is 1.12. The topological polar surface area (TPSA) is 8.17 Å². The third kappa shape index (κ3) is 5.09. The molecule has 2 heterocycles. The molecule has 0 radical (unpaired) electrons. The molecule has 10 rings (SSSR count). The molecule has 3 heteroatoms. The number of hydrogen-bond donors (Lipinski definition) is 0. The van der Waals surface area contributed by atoms with Gasteiger partial charge in [0.1, 0.15) is 0 Å². The second-order valence-electron chi connectivity index (χ2n) is 13.5. The SMILES string of the molecule is Cc1ccc(N(c2ccc(-c3ccc(-n4c5ccccc5c5ccccc54)cc3)cc2)c2ccc(-c3cccc4c3sc3ccccc34)cc2)cc1. The van der Waals surface area contributed by atoms with E-state index in [1.165, 1.54) is 69.8 Å². The van der Waals surface area contributed by atoms with E-state index in [4.69, 9.17) is 0 Å². The van der Waals surface area contributed by atoms with E-state index >= 15 is 0 Å². The van der Waals surface area contributed by atoms with Gasteiger partial charge in [-0.05, 0) is 95.9 Å². The summed E-state index contributed by atoms with van der Waals surface area (Å²) in [5, 5.41) is 5.21. The molecular weight excluding hydrogens is 649 g/mol. The van der Waals surface area contributed by atoms with Crippen molar-refractivity contribution in [1.29, 1.82) is 0 Å². The predicted molar refractivity (Wildman–Crippen MR) is 224 cm³/mol. The van der Waals surface area contributed by atoms with Crippen LogP contribution in [0.15, 0.2) is 188 Å². The lowest BCUT2D eigenvalue weighted by Gasteiger charge is -2.26. The Morgan fingerprint density at radius 2 is 0.885 bits per heavy atom. The van der Waals surface area contributed by atoms with Gasteiger partial charge in [0.05, 0.1) is 11.0 Å². The summed E-state index contributed by atoms with van der Waals surface area (Å²) in [5.41, 5.74) is 13.1. The molecule has 246 valence electrons. The molecule has 8 aromatic carbocycles. The molecule has 0 spiro atoms. The second-order valence-corrected chi connectivity index (χ2v) is 14.5. The van der Waals surface area contributed by atoms with Gasteiger partial charge in [-0.1, -0.05) is 127 Å². The van der Waals surface area contributed by atoms with Gasteiger partial charge in [0.25, 0.3) is 0 Å². The van der Waals surface area contributed by atoms with Gasteiger partial charge in [-0.2, -0.15) is 0 Å². The lowest BCUT2D eigenvalue weighted by molar-refractivity contribution is 1.18. The highest BCUT2D eigenvalue weighted by molar-refractivity contribution is 7.26. The summed E-state index contributed by atoms with van der Waals surface area (Å²) in [7, 11) is 0. The maximum Gasteiger partial charge on any atom is 0.0541 e. The summed E-state index contributed by atoms with van der Waals surface area (Å²) in [5.74, 6) is 0. The van der Waals surface area contributed by atoms with Gasteiger partial charge >= 0.3 is 0 Å². The third-order valence-corrected chi connectivity index (χ3v) is 11.5. The second kappa shape index (κ2) is 12.4. The number of rotatable bonds is 6. The average molecular weight is 683 g/mol. The first-order chi connectivity index (χ1) is 25.7. The molecule has 0 N–H and O–H groups in total. The van der Waals surface area contributed by atoms with Crippen molar-refractivity contribution >= 4 is 70.4 Å². The Bertz CT molecular complexity index is 2820. The standard InChI is InChI=1S/C49H34N2S/c1-33-17-25-37(26-18-33)50(39-31-23-36(24-32-39)41-12-8-13-45-44-11-4-7-16-48(44)52-49(41)45)38-27-19-34(20-28-38)35-21-29-40(30-22-35)51-46-14-5-2-9-42(46)43-10-3-6-15-47(43)51/h2-32H,1H3. The summed E-state index contributed by atoms with van der Waals surface area (Å²) in [6, 6.07) is 68.4. The molecular formula is C49H34N2S. The Kier molecular flexibility index (Phi) is 7.26. The Labute approximate surface area is 307 Å². The van der Waals surface area contributed by atoms with Gasteiger partial charge in [0.2, 0.25) is 0 Å². The Balaban J connectivity index is 0.987. The highest BCUT2D eigenvalue weighted by Gasteiger charge is 2.16. The van der Waals surface area contributed by atoms with Gasteiger partial charge < -0.3 is 9.47 Å². The van der Waals surface area contributed by atoms with Crippen molar-refractivity contribution in [2.45, 2.75) is 6.92 Å². The Morgan fingerprint density at radius 1 is 0.404 bits per heavy atom. The van der Waals surface area contributed by atoms with Crippen LogP contribution in [0.5, 0.6) is 0 Å². The number of fused-ring (bicyclic) bond motifs is 6. The number of aromatic nitrogens is 1. The van der Waals surface area contributed by atoms with Crippen LogP contribution in [0.25, 0.3) is 69.9 Å². The van der Waals surface area contributed by atoms with E-state index in [0.29, 0.717) is 0 Å². The molecule has 0 atom stereocenters. The van der Waals surface area contributed by atoms with E-state index in [1.807, 2.05) is 11.3 Å². The molecule has 0 saturated carbocycles. The first kappa shape index (κ1) is 30.4. The zero-order chi connectivity index (χ0) is 34.6. The molecule has 0 aliphatic heterocycles. The van der Waals surface area contributed by atoms with Crippen molar-refractivity contribution in [3.05, 3.63) is 194 Å². The van der Waals surface area contributed by atoms with Gasteiger partial charge in [0, 0.05) is 53.7 Å². The smallest absolute Gasteiger partial charge is 0.0541 e. The Hall–Kier alpha value is -6.42. The van der Waals surface area contributed by atoms with Crippen LogP contribution in [-0.4, -0.2) is 4.57 Å². The van der Waals surface area contributed by atoms with Crippen LogP contribution < -0.4 is 4.90 Å². The fraction of sp³-hybridized carbons (Fsp3) is 0.0204. The number of hydrogen-bond acceptors (Lipinski definition) is 2. The summed E-state index contributed by atoms with van der Waals surface area (Å²) >= 11 is 1.88. The van der Waals surface area contributed by atoms with Crippen molar-refractivity contribution in [3.63, 3.8) is 0 Å². The maximum atomic E-state index is 2.37. The van der Waals surface area contributed by atoms with Gasteiger partial charge in [-0.3, -0.25) is 0 Å². The lowest BCUT2D eigenvalue weighted by Crippen LogP contribution is -2.09. The highest BCUT2D eigenvalue weighted by Crippen LogP contribution is 2.42. The van der Waals surface area contributed by atoms with Crippen LogP contribution in [0, 0.1) is 6.92 Å². The summed E-state index contributed by atoms with van der Waals surface area (Å²) in [6.45, 7) is 2.14. The van der Waals surface area contributed by atoms with Gasteiger partial charge in [-0.15, -0.1) is 11.3 Å². The highest BCUT2D eigenvalue weighted by atomic mass is 32.1. The fourth-order valence-corrected chi connectivity index (χ4v) is 8.95.